The number of hydrogen-bond acceptors (Lipinski definition) is 4. The lowest BCUT2D eigenvalue weighted by Gasteiger charge is -2.15. The van der Waals surface area contributed by atoms with Gasteiger partial charge >= 0.3 is 12.3 Å². The second kappa shape index (κ2) is 11.7. The van der Waals surface area contributed by atoms with E-state index in [2.05, 4.69) is 10.1 Å². The Morgan fingerprint density at radius 1 is 0.868 bits per heavy atom. The highest BCUT2D eigenvalue weighted by Gasteiger charge is 2.31. The molecule has 0 atom stereocenters. The Morgan fingerprint density at radius 3 is 2.16 bits per heavy atom. The van der Waals surface area contributed by atoms with Gasteiger partial charge in [-0.25, -0.2) is 0 Å². The van der Waals surface area contributed by atoms with Crippen LogP contribution in [0.3, 0.4) is 0 Å². The maximum absolute atomic E-state index is 12.5. The zero-order valence-corrected chi connectivity index (χ0v) is 20.1. The van der Waals surface area contributed by atoms with E-state index in [0.29, 0.717) is 29.9 Å². The zero-order chi connectivity index (χ0) is 27.1. The van der Waals surface area contributed by atoms with Crippen LogP contribution in [0.2, 0.25) is 0 Å². The standard InChI is InChI=1S/C29H24F3NO5/c30-29(31,32)38-24-11-9-20(10-12-24)25-17-22-3-1-2-4-23(22)18-26(25)37-16-14-19-5-7-21(8-6-19)28(36)33-15-13-27(34)35/h1-12,17-18H,13-16H2,(H,33,36)(H,34,35). The predicted molar refractivity (Wildman–Crippen MR) is 136 cm³/mol. The van der Waals surface area contributed by atoms with Gasteiger partial charge in [0.15, 0.2) is 0 Å². The van der Waals surface area contributed by atoms with Crippen LogP contribution in [0.15, 0.2) is 84.9 Å². The first-order valence-corrected chi connectivity index (χ1v) is 11.8. The van der Waals surface area contributed by atoms with Gasteiger partial charge in [-0.3, -0.25) is 9.59 Å². The summed E-state index contributed by atoms with van der Waals surface area (Å²) in [6.07, 6.45) is -4.37. The van der Waals surface area contributed by atoms with Crippen LogP contribution < -0.4 is 14.8 Å². The number of fused-ring (bicyclic) bond motifs is 1. The third kappa shape index (κ3) is 7.25. The number of alkyl halides is 3. The molecule has 0 saturated heterocycles. The number of halogens is 3. The van der Waals surface area contributed by atoms with E-state index in [1.165, 1.54) is 12.1 Å². The lowest BCUT2D eigenvalue weighted by atomic mass is 10.00. The molecule has 4 aromatic carbocycles. The van der Waals surface area contributed by atoms with Crippen molar-refractivity contribution in [3.05, 3.63) is 96.1 Å². The van der Waals surface area contributed by atoms with Gasteiger partial charge in [-0.1, -0.05) is 48.5 Å². The van der Waals surface area contributed by atoms with Gasteiger partial charge in [0.05, 0.1) is 13.0 Å². The van der Waals surface area contributed by atoms with Crippen molar-refractivity contribution in [3.63, 3.8) is 0 Å². The summed E-state index contributed by atoms with van der Waals surface area (Å²) in [5.41, 5.74) is 2.77. The van der Waals surface area contributed by atoms with Crippen LogP contribution in [0, 0.1) is 0 Å². The van der Waals surface area contributed by atoms with Crippen molar-refractivity contribution in [2.24, 2.45) is 0 Å². The Labute approximate surface area is 216 Å². The molecule has 0 fully saturated rings. The maximum Gasteiger partial charge on any atom is 0.573 e. The van der Waals surface area contributed by atoms with Crippen molar-refractivity contribution >= 4 is 22.6 Å². The predicted octanol–water partition coefficient (Wildman–Crippen LogP) is 6.23. The van der Waals surface area contributed by atoms with Crippen molar-refractivity contribution in [3.8, 4) is 22.6 Å². The summed E-state index contributed by atoms with van der Waals surface area (Å²) in [6.45, 7) is 0.376. The molecule has 0 bridgehead atoms. The molecule has 2 N–H and O–H groups in total. The summed E-state index contributed by atoms with van der Waals surface area (Å²) in [6, 6.07) is 24.1. The number of carbonyl (C=O) groups excluding carboxylic acids is 1. The Morgan fingerprint density at radius 2 is 1.53 bits per heavy atom. The topological polar surface area (TPSA) is 84.9 Å². The van der Waals surface area contributed by atoms with E-state index < -0.39 is 12.3 Å². The van der Waals surface area contributed by atoms with Crippen LogP contribution in [0.5, 0.6) is 11.5 Å². The SMILES string of the molecule is O=C(O)CCNC(=O)c1ccc(CCOc2cc3ccccc3cc2-c2ccc(OC(F)(F)F)cc2)cc1. The van der Waals surface area contributed by atoms with E-state index in [1.54, 1.807) is 36.4 Å². The van der Waals surface area contributed by atoms with Gasteiger partial charge in [-0.05, 0) is 58.3 Å². The van der Waals surface area contributed by atoms with Crippen molar-refractivity contribution < 1.29 is 37.3 Å². The molecule has 0 saturated carbocycles. The monoisotopic (exact) mass is 523 g/mol. The highest BCUT2D eigenvalue weighted by molar-refractivity contribution is 5.94. The minimum absolute atomic E-state index is 0.0515. The molecule has 0 spiro atoms. The molecule has 196 valence electrons. The van der Waals surface area contributed by atoms with Crippen LogP contribution in [0.1, 0.15) is 22.3 Å². The molecular weight excluding hydrogens is 499 g/mol. The van der Waals surface area contributed by atoms with Gasteiger partial charge in [0, 0.05) is 24.1 Å². The second-order valence-electron chi connectivity index (χ2n) is 8.46. The van der Waals surface area contributed by atoms with Gasteiger partial charge in [-0.2, -0.15) is 0 Å². The summed E-state index contributed by atoms with van der Waals surface area (Å²) in [7, 11) is 0. The Balaban J connectivity index is 1.46. The molecule has 0 radical (unpaired) electrons. The second-order valence-corrected chi connectivity index (χ2v) is 8.46. The fraction of sp³-hybridized carbons (Fsp3) is 0.172. The molecule has 1 amide bonds. The third-order valence-corrected chi connectivity index (χ3v) is 5.74. The van der Waals surface area contributed by atoms with Crippen LogP contribution >= 0.6 is 0 Å². The fourth-order valence-electron chi connectivity index (χ4n) is 3.89. The number of benzene rings is 4. The van der Waals surface area contributed by atoms with Crippen molar-refractivity contribution in [2.45, 2.75) is 19.2 Å². The Bertz CT molecular complexity index is 1420. The number of carbonyl (C=O) groups is 2. The van der Waals surface area contributed by atoms with Gasteiger partial charge < -0.3 is 19.9 Å². The fourth-order valence-corrected chi connectivity index (χ4v) is 3.89. The number of carboxylic acids is 1. The van der Waals surface area contributed by atoms with E-state index in [1.807, 2.05) is 36.4 Å². The van der Waals surface area contributed by atoms with E-state index >= 15 is 0 Å². The minimum atomic E-state index is -4.76. The number of aliphatic carboxylic acids is 1. The summed E-state index contributed by atoms with van der Waals surface area (Å²) in [4.78, 5) is 22.7. The molecule has 0 heterocycles. The van der Waals surface area contributed by atoms with Crippen molar-refractivity contribution in [1.29, 1.82) is 0 Å². The summed E-state index contributed by atoms with van der Waals surface area (Å²) in [5.74, 6) is -1.05. The average molecular weight is 524 g/mol. The smallest absolute Gasteiger partial charge is 0.493 e. The molecule has 9 heteroatoms. The molecule has 0 aliphatic carbocycles. The van der Waals surface area contributed by atoms with E-state index in [9.17, 15) is 22.8 Å². The van der Waals surface area contributed by atoms with Gasteiger partial charge in [0.2, 0.25) is 0 Å². The number of rotatable bonds is 10. The largest absolute Gasteiger partial charge is 0.573 e. The molecule has 4 aromatic rings. The van der Waals surface area contributed by atoms with E-state index in [-0.39, 0.29) is 24.6 Å². The highest BCUT2D eigenvalue weighted by Crippen LogP contribution is 2.36. The molecule has 0 aromatic heterocycles. The quantitative estimate of drug-likeness (QED) is 0.257. The van der Waals surface area contributed by atoms with Crippen molar-refractivity contribution in [2.75, 3.05) is 13.2 Å². The van der Waals surface area contributed by atoms with Gasteiger partial charge in [0.1, 0.15) is 11.5 Å². The Hall–Kier alpha value is -4.53. The number of carboxylic acid groups (broad SMARTS) is 1. The Kier molecular flexibility index (Phi) is 8.15. The summed E-state index contributed by atoms with van der Waals surface area (Å²) >= 11 is 0. The zero-order valence-electron chi connectivity index (χ0n) is 20.1. The average Bonchev–Trinajstić information content (AvgIpc) is 2.88. The van der Waals surface area contributed by atoms with Crippen molar-refractivity contribution in [1.82, 2.24) is 5.32 Å². The summed E-state index contributed by atoms with van der Waals surface area (Å²) < 4.78 is 47.7. The molecule has 0 aliphatic rings. The van der Waals surface area contributed by atoms with E-state index in [0.717, 1.165) is 21.9 Å². The minimum Gasteiger partial charge on any atom is -0.493 e. The molecule has 4 rings (SSSR count). The number of ether oxygens (including phenoxy) is 2. The van der Waals surface area contributed by atoms with Crippen LogP contribution in [-0.4, -0.2) is 36.5 Å². The van der Waals surface area contributed by atoms with Crippen LogP contribution in [0.4, 0.5) is 13.2 Å². The normalized spacial score (nSPS) is 11.2. The van der Waals surface area contributed by atoms with Crippen LogP contribution in [-0.2, 0) is 11.2 Å². The van der Waals surface area contributed by atoms with Gasteiger partial charge in [-0.15, -0.1) is 13.2 Å². The first-order chi connectivity index (χ1) is 18.2. The maximum atomic E-state index is 12.5. The molecule has 6 nitrogen and oxygen atoms in total. The van der Waals surface area contributed by atoms with Crippen LogP contribution in [0.25, 0.3) is 21.9 Å². The molecule has 0 aliphatic heterocycles. The van der Waals surface area contributed by atoms with E-state index in [4.69, 9.17) is 9.84 Å². The highest BCUT2D eigenvalue weighted by atomic mass is 19.4. The first kappa shape index (κ1) is 26.5. The molecular formula is C29H24F3NO5. The lowest BCUT2D eigenvalue weighted by molar-refractivity contribution is -0.274. The van der Waals surface area contributed by atoms with Gasteiger partial charge in [0.25, 0.3) is 5.91 Å². The molecule has 38 heavy (non-hydrogen) atoms. The lowest BCUT2D eigenvalue weighted by Crippen LogP contribution is -2.25. The summed E-state index contributed by atoms with van der Waals surface area (Å²) in [5, 5.41) is 13.2. The number of nitrogens with one attached hydrogen (secondary N) is 1. The number of amides is 1. The first-order valence-electron chi connectivity index (χ1n) is 11.8. The number of hydrogen-bond donors (Lipinski definition) is 2. The molecule has 0 unspecified atom stereocenters. The third-order valence-electron chi connectivity index (χ3n) is 5.74.